The Morgan fingerprint density at radius 3 is 2.88 bits per heavy atom. The fraction of sp³-hybridized carbons (Fsp3) is 0.294. The molecule has 1 aliphatic rings. The van der Waals surface area contributed by atoms with E-state index in [0.717, 1.165) is 43.1 Å². The molecule has 8 nitrogen and oxygen atoms in total. The maximum Gasteiger partial charge on any atom is 0.357 e. The topological polar surface area (TPSA) is 102 Å². The van der Waals surface area contributed by atoms with E-state index >= 15 is 0 Å². The number of aromatic amines is 2. The Labute approximate surface area is 143 Å². The van der Waals surface area contributed by atoms with Crippen molar-refractivity contribution in [3.8, 4) is 11.5 Å². The third kappa shape index (κ3) is 2.98. The van der Waals surface area contributed by atoms with Gasteiger partial charge in [0.2, 0.25) is 0 Å². The lowest BCUT2D eigenvalue weighted by Gasteiger charge is -2.26. The first-order valence-electron chi connectivity index (χ1n) is 8.21. The zero-order valence-corrected chi connectivity index (χ0v) is 13.5. The number of hydrogen-bond acceptors (Lipinski definition) is 5. The number of anilines is 1. The Bertz CT molecular complexity index is 866. The van der Waals surface area contributed by atoms with Gasteiger partial charge in [-0.25, -0.2) is 4.98 Å². The van der Waals surface area contributed by atoms with Crippen molar-refractivity contribution in [2.24, 2.45) is 0 Å². The van der Waals surface area contributed by atoms with E-state index in [1.165, 1.54) is 6.07 Å². The molecule has 3 aromatic rings. The number of nitrogens with one attached hydrogen (secondary N) is 2. The van der Waals surface area contributed by atoms with Crippen molar-refractivity contribution in [3.05, 3.63) is 58.6 Å². The van der Waals surface area contributed by atoms with Gasteiger partial charge in [-0.05, 0) is 37.1 Å². The number of furan rings is 1. The van der Waals surface area contributed by atoms with Crippen LogP contribution in [0.2, 0.25) is 0 Å². The maximum absolute atomic E-state index is 11.2. The smallest absolute Gasteiger partial charge is 0.357 e. The van der Waals surface area contributed by atoms with Gasteiger partial charge in [0.15, 0.2) is 5.76 Å². The molecule has 4 rings (SSSR count). The zero-order chi connectivity index (χ0) is 17.2. The van der Waals surface area contributed by atoms with Gasteiger partial charge in [-0.15, -0.1) is 0 Å². The third-order valence-corrected chi connectivity index (χ3v) is 4.63. The summed E-state index contributed by atoms with van der Waals surface area (Å²) in [6.07, 6.45) is 5.16. The molecule has 8 heteroatoms. The maximum atomic E-state index is 11.2. The van der Waals surface area contributed by atoms with Gasteiger partial charge >= 0.3 is 11.5 Å². The van der Waals surface area contributed by atoms with E-state index in [4.69, 9.17) is 4.42 Å². The van der Waals surface area contributed by atoms with Gasteiger partial charge in [-0.2, -0.15) is 5.10 Å². The van der Waals surface area contributed by atoms with Gasteiger partial charge in [-0.1, -0.05) is 0 Å². The molecule has 0 atom stereocenters. The van der Waals surface area contributed by atoms with Crippen molar-refractivity contribution in [2.75, 3.05) is 18.0 Å². The van der Waals surface area contributed by atoms with Gasteiger partial charge < -0.3 is 4.42 Å². The van der Waals surface area contributed by atoms with E-state index in [1.807, 2.05) is 23.1 Å². The van der Waals surface area contributed by atoms with Crippen LogP contribution in [0.5, 0.6) is 0 Å². The van der Waals surface area contributed by atoms with Crippen LogP contribution < -0.4 is 9.88 Å². The van der Waals surface area contributed by atoms with E-state index in [0.29, 0.717) is 11.7 Å². The van der Waals surface area contributed by atoms with Crippen molar-refractivity contribution in [1.82, 2.24) is 10.2 Å². The molecule has 0 aromatic carbocycles. The summed E-state index contributed by atoms with van der Waals surface area (Å²) in [6, 6.07) is 8.92. The summed E-state index contributed by atoms with van der Waals surface area (Å²) in [6.45, 7) is 1.50. The van der Waals surface area contributed by atoms with Gasteiger partial charge in [0, 0.05) is 17.7 Å². The van der Waals surface area contributed by atoms with Crippen LogP contribution in [-0.2, 0) is 0 Å². The highest BCUT2D eigenvalue weighted by Crippen LogP contribution is 2.32. The lowest BCUT2D eigenvalue weighted by atomic mass is 9.93. The molecule has 0 bridgehead atoms. The summed E-state index contributed by atoms with van der Waals surface area (Å²) in [4.78, 5) is 15.9. The van der Waals surface area contributed by atoms with Crippen LogP contribution in [-0.4, -0.2) is 28.2 Å². The second-order valence-electron chi connectivity index (χ2n) is 6.11. The molecular formula is C17H18N5O3+. The number of nitrogens with zero attached hydrogens (tertiary/aromatic N) is 3. The molecule has 1 fully saturated rings. The summed E-state index contributed by atoms with van der Waals surface area (Å²) in [5, 5.41) is 18.6. The lowest BCUT2D eigenvalue weighted by molar-refractivity contribution is -0.411. The molecule has 0 radical (unpaired) electrons. The van der Waals surface area contributed by atoms with Gasteiger partial charge in [-0.3, -0.25) is 20.1 Å². The van der Waals surface area contributed by atoms with Crippen LogP contribution in [0.4, 0.5) is 11.5 Å². The number of hydrogen-bond donors (Lipinski definition) is 1. The summed E-state index contributed by atoms with van der Waals surface area (Å²) in [5.74, 6) is 1.68. The van der Waals surface area contributed by atoms with Crippen LogP contribution in [0.25, 0.3) is 11.5 Å². The molecule has 4 heterocycles. The second-order valence-corrected chi connectivity index (χ2v) is 6.11. The number of rotatable bonds is 4. The van der Waals surface area contributed by atoms with Crippen LogP contribution >= 0.6 is 0 Å². The fourth-order valence-electron chi connectivity index (χ4n) is 3.33. The summed E-state index contributed by atoms with van der Waals surface area (Å²) < 4.78 is 5.37. The van der Waals surface area contributed by atoms with Crippen LogP contribution in [0.1, 0.15) is 24.5 Å². The summed E-state index contributed by atoms with van der Waals surface area (Å²) in [7, 11) is 0. The predicted molar refractivity (Wildman–Crippen MR) is 90.1 cm³/mol. The molecule has 0 amide bonds. The highest BCUT2D eigenvalue weighted by molar-refractivity contribution is 5.54. The molecule has 0 unspecified atom stereocenters. The molecule has 2 N–H and O–H groups in total. The van der Waals surface area contributed by atoms with Crippen molar-refractivity contribution in [2.45, 2.75) is 18.8 Å². The highest BCUT2D eigenvalue weighted by Gasteiger charge is 2.32. The standard InChI is InChI=1S/C17H17N5O3/c23-22(24)15-3-1-7-18-17(15)21-8-5-12(6-9-21)13-11-14(20-19-13)16-4-2-10-25-16/h1-4,7,10-12H,5-6,8-9H2,(H,19,20)/p+1. The minimum absolute atomic E-state index is 0.114. The van der Waals surface area contributed by atoms with Crippen molar-refractivity contribution >= 4 is 11.5 Å². The van der Waals surface area contributed by atoms with Crippen molar-refractivity contribution in [1.29, 1.82) is 0 Å². The Morgan fingerprint density at radius 1 is 1.32 bits per heavy atom. The molecule has 0 aliphatic carbocycles. The molecular weight excluding hydrogens is 322 g/mol. The predicted octanol–water partition coefficient (Wildman–Crippen LogP) is 2.78. The number of aromatic nitrogens is 3. The molecule has 0 spiro atoms. The van der Waals surface area contributed by atoms with Crippen LogP contribution in [0.3, 0.4) is 0 Å². The van der Waals surface area contributed by atoms with Crippen molar-refractivity contribution in [3.63, 3.8) is 0 Å². The number of piperidine rings is 1. The molecule has 128 valence electrons. The molecule has 1 saturated heterocycles. The minimum Gasteiger partial charge on any atom is -0.463 e. The van der Waals surface area contributed by atoms with E-state index in [9.17, 15) is 10.1 Å². The van der Waals surface area contributed by atoms with E-state index in [2.05, 4.69) is 15.2 Å². The minimum atomic E-state index is -0.345. The van der Waals surface area contributed by atoms with Gasteiger partial charge in [0.25, 0.3) is 0 Å². The van der Waals surface area contributed by atoms with Gasteiger partial charge in [0.1, 0.15) is 5.69 Å². The number of H-pyrrole nitrogens is 2. The summed E-state index contributed by atoms with van der Waals surface area (Å²) in [5.41, 5.74) is 2.00. The van der Waals surface area contributed by atoms with Crippen LogP contribution in [0.15, 0.2) is 47.2 Å². The van der Waals surface area contributed by atoms with E-state index in [1.54, 1.807) is 18.5 Å². The lowest BCUT2D eigenvalue weighted by Crippen LogP contribution is -2.37. The molecule has 0 saturated carbocycles. The second kappa shape index (κ2) is 6.39. The average molecular weight is 340 g/mol. The van der Waals surface area contributed by atoms with E-state index < -0.39 is 0 Å². The normalized spacial score (nSPS) is 15.4. The third-order valence-electron chi connectivity index (χ3n) is 4.63. The van der Waals surface area contributed by atoms with E-state index in [-0.39, 0.29) is 10.6 Å². The fourth-order valence-corrected chi connectivity index (χ4v) is 3.33. The number of nitro groups is 1. The Morgan fingerprint density at radius 2 is 2.16 bits per heavy atom. The Hall–Kier alpha value is -3.16. The van der Waals surface area contributed by atoms with Crippen LogP contribution in [0, 0.1) is 10.1 Å². The van der Waals surface area contributed by atoms with Crippen molar-refractivity contribution < 1.29 is 14.3 Å². The zero-order valence-electron chi connectivity index (χ0n) is 13.5. The monoisotopic (exact) mass is 340 g/mol. The molecule has 3 aromatic heterocycles. The average Bonchev–Trinajstić information content (AvgIpc) is 3.33. The quantitative estimate of drug-likeness (QED) is 0.581. The Balaban J connectivity index is 1.46. The molecule has 1 aliphatic heterocycles. The first kappa shape index (κ1) is 15.4. The largest absolute Gasteiger partial charge is 0.463 e. The number of pyridine rings is 1. The Kier molecular flexibility index (Phi) is 3.93. The summed E-state index contributed by atoms with van der Waals surface area (Å²) >= 11 is 0. The van der Waals surface area contributed by atoms with Gasteiger partial charge in [0.05, 0.1) is 30.5 Å². The first-order valence-corrected chi connectivity index (χ1v) is 8.21. The highest BCUT2D eigenvalue weighted by atomic mass is 16.6. The molecule has 25 heavy (non-hydrogen) atoms. The first-order chi connectivity index (χ1) is 12.2. The SMILES string of the molecule is O=[N+]([O-])c1ccc[nH+]c1N1CCC(c2cc(-c3ccco3)n[nH]2)CC1.